The predicted octanol–water partition coefficient (Wildman–Crippen LogP) is 2.49. The SMILES string of the molecule is CC(C)CNC(=O)CNCc1cccc(C(F)F)c1. The number of alkyl halides is 2. The summed E-state index contributed by atoms with van der Waals surface area (Å²) in [6.45, 7) is 5.26. The summed E-state index contributed by atoms with van der Waals surface area (Å²) >= 11 is 0. The molecule has 0 aliphatic carbocycles. The molecule has 0 fully saturated rings. The molecule has 1 amide bonds. The number of carbonyl (C=O) groups excluding carboxylic acids is 1. The number of rotatable bonds is 7. The van der Waals surface area contributed by atoms with Gasteiger partial charge in [0.05, 0.1) is 6.54 Å². The third-order valence-electron chi connectivity index (χ3n) is 2.53. The average Bonchev–Trinajstić information content (AvgIpc) is 2.36. The van der Waals surface area contributed by atoms with E-state index in [9.17, 15) is 13.6 Å². The van der Waals surface area contributed by atoms with Crippen LogP contribution in [0.15, 0.2) is 24.3 Å². The minimum atomic E-state index is -2.46. The summed E-state index contributed by atoms with van der Waals surface area (Å²) in [4.78, 5) is 11.4. The van der Waals surface area contributed by atoms with Gasteiger partial charge in [-0.2, -0.15) is 0 Å². The molecule has 0 aliphatic rings. The van der Waals surface area contributed by atoms with Crippen LogP contribution in [-0.2, 0) is 11.3 Å². The minimum Gasteiger partial charge on any atom is -0.355 e. The number of carbonyl (C=O) groups is 1. The fourth-order valence-corrected chi connectivity index (χ4v) is 1.54. The van der Waals surface area contributed by atoms with Crippen molar-refractivity contribution >= 4 is 5.91 Å². The summed E-state index contributed by atoms with van der Waals surface area (Å²) < 4.78 is 25.0. The fourth-order valence-electron chi connectivity index (χ4n) is 1.54. The quantitative estimate of drug-likeness (QED) is 0.799. The minimum absolute atomic E-state index is 0.00330. The lowest BCUT2D eigenvalue weighted by Crippen LogP contribution is -2.35. The number of benzene rings is 1. The van der Waals surface area contributed by atoms with Gasteiger partial charge in [0.15, 0.2) is 0 Å². The van der Waals surface area contributed by atoms with E-state index < -0.39 is 6.43 Å². The summed E-state index contributed by atoms with van der Waals surface area (Å²) in [7, 11) is 0. The van der Waals surface area contributed by atoms with E-state index in [0.717, 1.165) is 5.56 Å². The zero-order valence-corrected chi connectivity index (χ0v) is 11.2. The van der Waals surface area contributed by atoms with Gasteiger partial charge in [0.1, 0.15) is 0 Å². The average molecular weight is 270 g/mol. The highest BCUT2D eigenvalue weighted by atomic mass is 19.3. The second-order valence-corrected chi connectivity index (χ2v) is 4.85. The normalized spacial score (nSPS) is 11.1. The summed E-state index contributed by atoms with van der Waals surface area (Å²) in [5, 5.41) is 5.71. The van der Waals surface area contributed by atoms with Gasteiger partial charge in [-0.1, -0.05) is 32.0 Å². The van der Waals surface area contributed by atoms with E-state index in [4.69, 9.17) is 0 Å². The molecule has 0 bridgehead atoms. The molecule has 5 heteroatoms. The summed E-state index contributed by atoms with van der Waals surface area (Å²) in [6.07, 6.45) is -2.46. The van der Waals surface area contributed by atoms with Crippen LogP contribution in [-0.4, -0.2) is 19.0 Å². The van der Waals surface area contributed by atoms with Gasteiger partial charge in [-0.05, 0) is 17.5 Å². The Hall–Kier alpha value is -1.49. The Morgan fingerprint density at radius 1 is 1.32 bits per heavy atom. The highest BCUT2D eigenvalue weighted by molar-refractivity contribution is 5.77. The van der Waals surface area contributed by atoms with Crippen molar-refractivity contribution in [3.63, 3.8) is 0 Å². The third-order valence-corrected chi connectivity index (χ3v) is 2.53. The second kappa shape index (κ2) is 7.84. The first-order valence-electron chi connectivity index (χ1n) is 6.33. The Morgan fingerprint density at radius 2 is 2.05 bits per heavy atom. The summed E-state index contributed by atoms with van der Waals surface area (Å²) in [5.41, 5.74) is 0.748. The number of halogens is 2. The van der Waals surface area contributed by atoms with Crippen LogP contribution in [0.5, 0.6) is 0 Å². The molecule has 0 aromatic heterocycles. The molecule has 0 radical (unpaired) electrons. The van der Waals surface area contributed by atoms with Crippen molar-refractivity contribution in [2.24, 2.45) is 5.92 Å². The molecule has 2 N–H and O–H groups in total. The topological polar surface area (TPSA) is 41.1 Å². The largest absolute Gasteiger partial charge is 0.355 e. The Bertz CT molecular complexity index is 408. The number of amides is 1. The van der Waals surface area contributed by atoms with E-state index in [1.165, 1.54) is 12.1 Å². The van der Waals surface area contributed by atoms with Crippen molar-refractivity contribution in [3.05, 3.63) is 35.4 Å². The van der Waals surface area contributed by atoms with Crippen LogP contribution >= 0.6 is 0 Å². The van der Waals surface area contributed by atoms with Crippen LogP contribution < -0.4 is 10.6 Å². The molecule has 1 aromatic rings. The van der Waals surface area contributed by atoms with Gasteiger partial charge in [-0.25, -0.2) is 8.78 Å². The van der Waals surface area contributed by atoms with E-state index in [1.54, 1.807) is 12.1 Å². The molecule has 0 atom stereocenters. The highest BCUT2D eigenvalue weighted by Crippen LogP contribution is 2.19. The Balaban J connectivity index is 2.33. The second-order valence-electron chi connectivity index (χ2n) is 4.85. The number of hydrogen-bond donors (Lipinski definition) is 2. The lowest BCUT2D eigenvalue weighted by atomic mass is 10.1. The van der Waals surface area contributed by atoms with Gasteiger partial charge in [-0.15, -0.1) is 0 Å². The molecular formula is C14H20F2N2O. The summed E-state index contributed by atoms with van der Waals surface area (Å²) in [5.74, 6) is 0.324. The van der Waals surface area contributed by atoms with Crippen molar-refractivity contribution in [1.29, 1.82) is 0 Å². The number of hydrogen-bond acceptors (Lipinski definition) is 2. The van der Waals surface area contributed by atoms with E-state index in [1.807, 2.05) is 13.8 Å². The van der Waals surface area contributed by atoms with Crippen molar-refractivity contribution < 1.29 is 13.6 Å². The lowest BCUT2D eigenvalue weighted by Gasteiger charge is -2.09. The zero-order chi connectivity index (χ0) is 14.3. The smallest absolute Gasteiger partial charge is 0.263 e. The van der Waals surface area contributed by atoms with E-state index in [-0.39, 0.29) is 18.0 Å². The van der Waals surface area contributed by atoms with Crippen molar-refractivity contribution in [2.45, 2.75) is 26.8 Å². The molecule has 0 spiro atoms. The molecule has 0 aliphatic heterocycles. The van der Waals surface area contributed by atoms with Gasteiger partial charge in [-0.3, -0.25) is 4.79 Å². The first kappa shape index (κ1) is 15.6. The van der Waals surface area contributed by atoms with Crippen LogP contribution in [0.3, 0.4) is 0 Å². The van der Waals surface area contributed by atoms with Crippen molar-refractivity contribution in [3.8, 4) is 0 Å². The maximum atomic E-state index is 12.5. The molecule has 106 valence electrons. The van der Waals surface area contributed by atoms with Gasteiger partial charge in [0.2, 0.25) is 5.91 Å². The van der Waals surface area contributed by atoms with Gasteiger partial charge in [0, 0.05) is 18.7 Å². The molecule has 19 heavy (non-hydrogen) atoms. The van der Waals surface area contributed by atoms with Gasteiger partial charge in [0.25, 0.3) is 6.43 Å². The summed E-state index contributed by atoms with van der Waals surface area (Å²) in [6, 6.07) is 6.19. The molecule has 0 saturated carbocycles. The molecule has 0 unspecified atom stereocenters. The number of nitrogens with one attached hydrogen (secondary N) is 2. The van der Waals surface area contributed by atoms with Crippen LogP contribution in [0, 0.1) is 5.92 Å². The molecule has 0 heterocycles. The lowest BCUT2D eigenvalue weighted by molar-refractivity contribution is -0.120. The Labute approximate surface area is 112 Å². The molecule has 3 nitrogen and oxygen atoms in total. The molecule has 1 rings (SSSR count). The highest BCUT2D eigenvalue weighted by Gasteiger charge is 2.07. The van der Waals surface area contributed by atoms with E-state index in [2.05, 4.69) is 10.6 Å². The molecule has 1 aromatic carbocycles. The monoisotopic (exact) mass is 270 g/mol. The van der Waals surface area contributed by atoms with Crippen molar-refractivity contribution in [2.75, 3.05) is 13.1 Å². The fraction of sp³-hybridized carbons (Fsp3) is 0.500. The third kappa shape index (κ3) is 6.29. The van der Waals surface area contributed by atoms with Crippen LogP contribution in [0.4, 0.5) is 8.78 Å². The van der Waals surface area contributed by atoms with Crippen LogP contribution in [0.2, 0.25) is 0 Å². The molecule has 0 saturated heterocycles. The molecular weight excluding hydrogens is 250 g/mol. The van der Waals surface area contributed by atoms with Crippen LogP contribution in [0.1, 0.15) is 31.4 Å². The maximum Gasteiger partial charge on any atom is 0.263 e. The first-order valence-corrected chi connectivity index (χ1v) is 6.33. The zero-order valence-electron chi connectivity index (χ0n) is 11.2. The standard InChI is InChI=1S/C14H20F2N2O/c1-10(2)7-18-13(19)9-17-8-11-4-3-5-12(6-11)14(15)16/h3-6,10,14,17H,7-9H2,1-2H3,(H,18,19). The Morgan fingerprint density at radius 3 is 2.68 bits per heavy atom. The Kier molecular flexibility index (Phi) is 6.42. The predicted molar refractivity (Wildman–Crippen MR) is 71.0 cm³/mol. The van der Waals surface area contributed by atoms with E-state index in [0.29, 0.717) is 19.0 Å². The van der Waals surface area contributed by atoms with Gasteiger partial charge >= 0.3 is 0 Å². The van der Waals surface area contributed by atoms with Gasteiger partial charge < -0.3 is 10.6 Å². The van der Waals surface area contributed by atoms with Crippen LogP contribution in [0.25, 0.3) is 0 Å². The van der Waals surface area contributed by atoms with E-state index >= 15 is 0 Å². The maximum absolute atomic E-state index is 12.5. The van der Waals surface area contributed by atoms with Crippen molar-refractivity contribution in [1.82, 2.24) is 10.6 Å². The first-order chi connectivity index (χ1) is 8.99.